The number of carbonyl (C=O) groups excluding carboxylic acids is 1. The Morgan fingerprint density at radius 2 is 1.55 bits per heavy atom. The molecule has 3 heteroatoms. The van der Waals surface area contributed by atoms with E-state index < -0.39 is 0 Å². The third-order valence-electron chi connectivity index (χ3n) is 3.64. The van der Waals surface area contributed by atoms with Crippen LogP contribution in [0.3, 0.4) is 0 Å². The molecule has 0 fully saturated rings. The number of Topliss-reactive ketones (excluding diaryl/α,β-unsaturated/α-hetero) is 1. The second-order valence-corrected chi connectivity index (χ2v) is 5.66. The zero-order chi connectivity index (χ0) is 13.7. The van der Waals surface area contributed by atoms with Crippen LogP contribution in [0.4, 0.5) is 0 Å². The number of fused-ring (bicyclic) bond motifs is 2. The smallest absolute Gasteiger partial charge is 0.198 e. The standard InChI is InChI=1S/C17H10O2S/c18-16-11-6-1-2-7-12(11)17(19)15(16)13-9-20-14-8-4-3-5-10(13)14/h1-9,18H. The number of hydrogen-bond donors (Lipinski definition) is 1. The molecule has 0 saturated heterocycles. The highest BCUT2D eigenvalue weighted by molar-refractivity contribution is 7.17. The van der Waals surface area contributed by atoms with Crippen LogP contribution in [0.25, 0.3) is 21.4 Å². The number of thiophene rings is 1. The normalized spacial score (nSPS) is 14.1. The van der Waals surface area contributed by atoms with E-state index >= 15 is 0 Å². The largest absolute Gasteiger partial charge is 0.507 e. The molecule has 1 aliphatic carbocycles. The Labute approximate surface area is 119 Å². The maximum absolute atomic E-state index is 12.5. The van der Waals surface area contributed by atoms with Gasteiger partial charge in [0.25, 0.3) is 0 Å². The van der Waals surface area contributed by atoms with Gasteiger partial charge in [0, 0.05) is 32.2 Å². The van der Waals surface area contributed by atoms with E-state index in [0.29, 0.717) is 16.7 Å². The molecule has 0 saturated carbocycles. The number of aliphatic hydroxyl groups is 1. The van der Waals surface area contributed by atoms with E-state index in [2.05, 4.69) is 0 Å². The second kappa shape index (κ2) is 4.05. The van der Waals surface area contributed by atoms with Crippen LogP contribution in [-0.2, 0) is 0 Å². The molecule has 3 aromatic rings. The number of hydrogen-bond acceptors (Lipinski definition) is 3. The van der Waals surface area contributed by atoms with Gasteiger partial charge in [-0.3, -0.25) is 4.79 Å². The van der Waals surface area contributed by atoms with Gasteiger partial charge in [-0.1, -0.05) is 42.5 Å². The summed E-state index contributed by atoms with van der Waals surface area (Å²) in [5.74, 6) is -0.00388. The van der Waals surface area contributed by atoms with E-state index in [9.17, 15) is 9.90 Å². The van der Waals surface area contributed by atoms with Gasteiger partial charge in [-0.25, -0.2) is 0 Å². The van der Waals surface area contributed by atoms with Crippen molar-refractivity contribution in [3.63, 3.8) is 0 Å². The molecule has 4 rings (SSSR count). The minimum Gasteiger partial charge on any atom is -0.507 e. The first kappa shape index (κ1) is 11.4. The minimum absolute atomic E-state index is 0.0918. The fourth-order valence-electron chi connectivity index (χ4n) is 2.69. The van der Waals surface area contributed by atoms with Gasteiger partial charge in [-0.05, 0) is 6.07 Å². The highest BCUT2D eigenvalue weighted by Gasteiger charge is 2.31. The van der Waals surface area contributed by atoms with Crippen molar-refractivity contribution in [1.29, 1.82) is 0 Å². The highest BCUT2D eigenvalue weighted by Crippen LogP contribution is 2.40. The lowest BCUT2D eigenvalue weighted by molar-refractivity contribution is 0.105. The third-order valence-corrected chi connectivity index (χ3v) is 4.60. The molecule has 1 aliphatic rings. The van der Waals surface area contributed by atoms with E-state index in [0.717, 1.165) is 15.6 Å². The molecule has 2 aromatic carbocycles. The van der Waals surface area contributed by atoms with Gasteiger partial charge >= 0.3 is 0 Å². The van der Waals surface area contributed by atoms with Gasteiger partial charge in [-0.2, -0.15) is 0 Å². The zero-order valence-electron chi connectivity index (χ0n) is 10.5. The maximum Gasteiger partial charge on any atom is 0.198 e. The molecule has 0 radical (unpaired) electrons. The lowest BCUT2D eigenvalue weighted by Crippen LogP contribution is -1.97. The summed E-state index contributed by atoms with van der Waals surface area (Å²) in [4.78, 5) is 12.5. The van der Waals surface area contributed by atoms with Crippen molar-refractivity contribution in [2.45, 2.75) is 0 Å². The molecule has 1 N–H and O–H groups in total. The SMILES string of the molecule is O=C1C(c2csc3ccccc23)=C(O)c2ccccc21. The van der Waals surface area contributed by atoms with E-state index in [4.69, 9.17) is 0 Å². The predicted molar refractivity (Wildman–Crippen MR) is 82.0 cm³/mol. The number of ketones is 1. The number of carbonyl (C=O) groups is 1. The van der Waals surface area contributed by atoms with Gasteiger partial charge < -0.3 is 5.11 Å². The first-order valence-electron chi connectivity index (χ1n) is 6.31. The van der Waals surface area contributed by atoms with Crippen molar-refractivity contribution in [3.8, 4) is 0 Å². The van der Waals surface area contributed by atoms with Gasteiger partial charge in [-0.15, -0.1) is 11.3 Å². The van der Waals surface area contributed by atoms with Crippen molar-refractivity contribution < 1.29 is 9.90 Å². The molecule has 0 amide bonds. The van der Waals surface area contributed by atoms with Crippen LogP contribution in [0, 0.1) is 0 Å². The average Bonchev–Trinajstić information content (AvgIpc) is 3.01. The summed E-state index contributed by atoms with van der Waals surface area (Å²) in [6, 6.07) is 15.1. The number of aliphatic hydroxyl groups excluding tert-OH is 1. The van der Waals surface area contributed by atoms with Crippen LogP contribution in [0.2, 0.25) is 0 Å². The topological polar surface area (TPSA) is 37.3 Å². The van der Waals surface area contributed by atoms with Gasteiger partial charge in [0.05, 0.1) is 5.57 Å². The van der Waals surface area contributed by atoms with Crippen molar-refractivity contribution in [2.24, 2.45) is 0 Å². The summed E-state index contributed by atoms with van der Waals surface area (Å²) >= 11 is 1.59. The second-order valence-electron chi connectivity index (χ2n) is 4.74. The molecule has 0 bridgehead atoms. The molecule has 0 atom stereocenters. The highest BCUT2D eigenvalue weighted by atomic mass is 32.1. The van der Waals surface area contributed by atoms with Gasteiger partial charge in [0.15, 0.2) is 5.78 Å². The Morgan fingerprint density at radius 3 is 2.35 bits per heavy atom. The van der Waals surface area contributed by atoms with E-state index in [1.165, 1.54) is 0 Å². The zero-order valence-corrected chi connectivity index (χ0v) is 11.3. The molecule has 0 unspecified atom stereocenters. The summed E-state index contributed by atoms with van der Waals surface area (Å²) in [5, 5.41) is 13.4. The summed E-state index contributed by atoms with van der Waals surface area (Å²) < 4.78 is 1.12. The van der Waals surface area contributed by atoms with Crippen LogP contribution in [-0.4, -0.2) is 10.9 Å². The number of rotatable bonds is 1. The average molecular weight is 278 g/mol. The van der Waals surface area contributed by atoms with Crippen LogP contribution < -0.4 is 0 Å². The molecular weight excluding hydrogens is 268 g/mol. The monoisotopic (exact) mass is 278 g/mol. The Morgan fingerprint density at radius 1 is 0.850 bits per heavy atom. The van der Waals surface area contributed by atoms with Gasteiger partial charge in [0.2, 0.25) is 0 Å². The molecule has 0 spiro atoms. The lowest BCUT2D eigenvalue weighted by Gasteiger charge is -2.00. The molecule has 20 heavy (non-hydrogen) atoms. The Bertz CT molecular complexity index is 887. The molecule has 2 nitrogen and oxygen atoms in total. The van der Waals surface area contributed by atoms with Crippen molar-refractivity contribution >= 4 is 38.5 Å². The predicted octanol–water partition coefficient (Wildman–Crippen LogP) is 4.52. The molecular formula is C17H10O2S. The maximum atomic E-state index is 12.5. The summed E-state index contributed by atoms with van der Waals surface area (Å²) in [6.07, 6.45) is 0. The summed E-state index contributed by atoms with van der Waals surface area (Å²) in [6.45, 7) is 0. The van der Waals surface area contributed by atoms with Crippen LogP contribution in [0.5, 0.6) is 0 Å². The fraction of sp³-hybridized carbons (Fsp3) is 0. The van der Waals surface area contributed by atoms with Crippen LogP contribution >= 0.6 is 11.3 Å². The summed E-state index contributed by atoms with van der Waals surface area (Å²) in [5.41, 5.74) is 2.45. The first-order chi connectivity index (χ1) is 9.77. The van der Waals surface area contributed by atoms with Crippen molar-refractivity contribution in [2.75, 3.05) is 0 Å². The number of benzene rings is 2. The third kappa shape index (κ3) is 1.41. The lowest BCUT2D eigenvalue weighted by atomic mass is 10.0. The first-order valence-corrected chi connectivity index (χ1v) is 7.19. The number of allylic oxidation sites excluding steroid dienone is 1. The Balaban J connectivity index is 2.01. The van der Waals surface area contributed by atoms with E-state index in [1.54, 1.807) is 23.5 Å². The minimum atomic E-state index is -0.0957. The molecule has 1 heterocycles. The van der Waals surface area contributed by atoms with Crippen molar-refractivity contribution in [1.82, 2.24) is 0 Å². The Hall–Kier alpha value is -2.39. The van der Waals surface area contributed by atoms with E-state index in [1.807, 2.05) is 41.8 Å². The van der Waals surface area contributed by atoms with Crippen LogP contribution in [0.1, 0.15) is 21.5 Å². The van der Waals surface area contributed by atoms with E-state index in [-0.39, 0.29) is 11.5 Å². The van der Waals surface area contributed by atoms with Gasteiger partial charge in [0.1, 0.15) is 5.76 Å². The Kier molecular flexibility index (Phi) is 2.32. The summed E-state index contributed by atoms with van der Waals surface area (Å²) in [7, 11) is 0. The van der Waals surface area contributed by atoms with Crippen LogP contribution in [0.15, 0.2) is 53.9 Å². The fourth-order valence-corrected chi connectivity index (χ4v) is 3.64. The quantitative estimate of drug-likeness (QED) is 0.710. The molecule has 96 valence electrons. The molecule has 0 aliphatic heterocycles. The molecule has 1 aromatic heterocycles. The van der Waals surface area contributed by atoms with Crippen molar-refractivity contribution in [3.05, 3.63) is 70.6 Å².